The Labute approximate surface area is 159 Å². The van der Waals surface area contributed by atoms with Crippen LogP contribution in [-0.2, 0) is 6.54 Å². The highest BCUT2D eigenvalue weighted by Crippen LogP contribution is 2.22. The van der Waals surface area contributed by atoms with E-state index in [1.807, 2.05) is 0 Å². The maximum atomic E-state index is 13.1. The van der Waals surface area contributed by atoms with Gasteiger partial charge in [-0.25, -0.2) is 9.37 Å². The Kier molecular flexibility index (Phi) is 4.94. The van der Waals surface area contributed by atoms with Crippen LogP contribution in [-0.4, -0.2) is 36.1 Å². The standard InChI is InChI=1S/C22H24FN3O/c1-16-3-8-21(13-17(16)2)26-11-9-25(10-12-26)14-20-15-27-22(24-20)18-4-6-19(23)7-5-18/h3-8,13,15H,9-12,14H2,1-2H3. The van der Waals surface area contributed by atoms with E-state index in [9.17, 15) is 4.39 Å². The van der Waals surface area contributed by atoms with Crippen molar-refractivity contribution in [2.45, 2.75) is 20.4 Å². The van der Waals surface area contributed by atoms with Crippen LogP contribution in [0.3, 0.4) is 0 Å². The summed E-state index contributed by atoms with van der Waals surface area (Å²) in [6.45, 7) is 9.08. The molecule has 0 aliphatic carbocycles. The minimum absolute atomic E-state index is 0.257. The summed E-state index contributed by atoms with van der Waals surface area (Å²) in [5.74, 6) is 0.283. The summed E-state index contributed by atoms with van der Waals surface area (Å²) in [7, 11) is 0. The molecule has 1 aliphatic heterocycles. The van der Waals surface area contributed by atoms with Crippen molar-refractivity contribution in [1.82, 2.24) is 9.88 Å². The second-order valence-electron chi connectivity index (χ2n) is 7.18. The van der Waals surface area contributed by atoms with E-state index in [2.05, 4.69) is 46.8 Å². The molecular weight excluding hydrogens is 341 g/mol. The van der Waals surface area contributed by atoms with Crippen LogP contribution in [0, 0.1) is 19.7 Å². The highest BCUT2D eigenvalue weighted by Gasteiger charge is 2.19. The van der Waals surface area contributed by atoms with Crippen molar-refractivity contribution in [2.75, 3.05) is 31.1 Å². The van der Waals surface area contributed by atoms with Crippen LogP contribution in [0.25, 0.3) is 11.5 Å². The highest BCUT2D eigenvalue weighted by atomic mass is 19.1. The lowest BCUT2D eigenvalue weighted by atomic mass is 10.1. The average molecular weight is 365 g/mol. The summed E-state index contributed by atoms with van der Waals surface area (Å²) >= 11 is 0. The van der Waals surface area contributed by atoms with Gasteiger partial charge in [-0.1, -0.05) is 6.07 Å². The summed E-state index contributed by atoms with van der Waals surface area (Å²) in [6, 6.07) is 12.9. The largest absolute Gasteiger partial charge is 0.444 e. The van der Waals surface area contributed by atoms with E-state index in [-0.39, 0.29) is 5.82 Å². The lowest BCUT2D eigenvalue weighted by Gasteiger charge is -2.36. The molecule has 3 aromatic rings. The normalized spacial score (nSPS) is 15.3. The number of aryl methyl sites for hydroxylation is 2. The van der Waals surface area contributed by atoms with Gasteiger partial charge in [-0.2, -0.15) is 0 Å². The molecule has 27 heavy (non-hydrogen) atoms. The van der Waals surface area contributed by atoms with Crippen LogP contribution in [0.5, 0.6) is 0 Å². The quantitative estimate of drug-likeness (QED) is 0.685. The van der Waals surface area contributed by atoms with E-state index < -0.39 is 0 Å². The number of piperazine rings is 1. The van der Waals surface area contributed by atoms with Crippen LogP contribution in [0.1, 0.15) is 16.8 Å². The summed E-state index contributed by atoms with van der Waals surface area (Å²) in [5.41, 5.74) is 5.68. The fourth-order valence-electron chi connectivity index (χ4n) is 3.42. The minimum Gasteiger partial charge on any atom is -0.444 e. The van der Waals surface area contributed by atoms with Gasteiger partial charge in [-0.05, 0) is 61.4 Å². The van der Waals surface area contributed by atoms with Crippen LogP contribution >= 0.6 is 0 Å². The molecule has 5 heteroatoms. The van der Waals surface area contributed by atoms with Gasteiger partial charge in [0, 0.05) is 44.0 Å². The summed E-state index contributed by atoms with van der Waals surface area (Å²) < 4.78 is 18.6. The maximum absolute atomic E-state index is 13.1. The predicted molar refractivity (Wildman–Crippen MR) is 105 cm³/mol. The summed E-state index contributed by atoms with van der Waals surface area (Å²) in [4.78, 5) is 9.39. The number of hydrogen-bond donors (Lipinski definition) is 0. The van der Waals surface area contributed by atoms with Gasteiger partial charge in [0.25, 0.3) is 0 Å². The fraction of sp³-hybridized carbons (Fsp3) is 0.318. The first-order chi connectivity index (χ1) is 13.1. The average Bonchev–Trinajstić information content (AvgIpc) is 3.14. The van der Waals surface area contributed by atoms with E-state index >= 15 is 0 Å². The SMILES string of the molecule is Cc1ccc(N2CCN(Cc3coc(-c4ccc(F)cc4)n3)CC2)cc1C. The number of halogens is 1. The Balaban J connectivity index is 1.35. The highest BCUT2D eigenvalue weighted by molar-refractivity contribution is 5.53. The number of oxazole rings is 1. The molecule has 0 spiro atoms. The first-order valence-electron chi connectivity index (χ1n) is 9.33. The number of hydrogen-bond acceptors (Lipinski definition) is 4. The number of aromatic nitrogens is 1. The van der Waals surface area contributed by atoms with Gasteiger partial charge in [-0.3, -0.25) is 4.90 Å². The molecule has 1 saturated heterocycles. The molecule has 140 valence electrons. The Morgan fingerprint density at radius 2 is 1.70 bits per heavy atom. The van der Waals surface area contributed by atoms with Gasteiger partial charge >= 0.3 is 0 Å². The number of anilines is 1. The van der Waals surface area contributed by atoms with E-state index in [0.29, 0.717) is 5.89 Å². The zero-order chi connectivity index (χ0) is 18.8. The Bertz CT molecular complexity index is 912. The smallest absolute Gasteiger partial charge is 0.226 e. The molecule has 0 unspecified atom stereocenters. The molecule has 4 rings (SSSR count). The van der Waals surface area contributed by atoms with Crippen LogP contribution in [0.4, 0.5) is 10.1 Å². The molecule has 0 amide bonds. The van der Waals surface area contributed by atoms with Crippen LogP contribution < -0.4 is 4.90 Å². The van der Waals surface area contributed by atoms with Gasteiger partial charge in [0.15, 0.2) is 0 Å². The number of nitrogens with zero attached hydrogens (tertiary/aromatic N) is 3. The predicted octanol–water partition coefficient (Wildman–Crippen LogP) is 4.42. The van der Waals surface area contributed by atoms with Gasteiger partial charge in [0.05, 0.1) is 5.69 Å². The minimum atomic E-state index is -0.257. The van der Waals surface area contributed by atoms with Crippen molar-refractivity contribution >= 4 is 5.69 Å². The molecule has 0 atom stereocenters. The number of benzene rings is 2. The summed E-state index contributed by atoms with van der Waals surface area (Å²) in [5, 5.41) is 0. The van der Waals surface area contributed by atoms with Crippen molar-refractivity contribution in [3.8, 4) is 11.5 Å². The van der Waals surface area contributed by atoms with Gasteiger partial charge in [0.2, 0.25) is 5.89 Å². The van der Waals surface area contributed by atoms with Gasteiger partial charge < -0.3 is 9.32 Å². The summed E-state index contributed by atoms with van der Waals surface area (Å²) in [6.07, 6.45) is 1.70. The van der Waals surface area contributed by atoms with Crippen LogP contribution in [0.15, 0.2) is 53.1 Å². The zero-order valence-corrected chi connectivity index (χ0v) is 15.8. The number of rotatable bonds is 4. The third kappa shape index (κ3) is 4.03. The van der Waals surface area contributed by atoms with Crippen molar-refractivity contribution in [3.05, 3.63) is 71.4 Å². The van der Waals surface area contributed by atoms with E-state index in [1.54, 1.807) is 18.4 Å². The van der Waals surface area contributed by atoms with E-state index in [4.69, 9.17) is 4.42 Å². The lowest BCUT2D eigenvalue weighted by Crippen LogP contribution is -2.46. The van der Waals surface area contributed by atoms with Crippen molar-refractivity contribution in [3.63, 3.8) is 0 Å². The van der Waals surface area contributed by atoms with Crippen molar-refractivity contribution in [1.29, 1.82) is 0 Å². The van der Waals surface area contributed by atoms with Crippen molar-refractivity contribution < 1.29 is 8.81 Å². The monoisotopic (exact) mass is 365 g/mol. The molecule has 0 N–H and O–H groups in total. The van der Waals surface area contributed by atoms with Gasteiger partial charge in [-0.15, -0.1) is 0 Å². The van der Waals surface area contributed by atoms with E-state index in [0.717, 1.165) is 44.0 Å². The molecule has 2 aromatic carbocycles. The van der Waals surface area contributed by atoms with Gasteiger partial charge in [0.1, 0.15) is 12.1 Å². The molecule has 2 heterocycles. The third-order valence-electron chi connectivity index (χ3n) is 5.26. The molecule has 1 fully saturated rings. The molecular formula is C22H24FN3O. The topological polar surface area (TPSA) is 32.5 Å². The molecule has 0 bridgehead atoms. The second kappa shape index (κ2) is 7.53. The first kappa shape index (κ1) is 17.7. The molecule has 1 aromatic heterocycles. The lowest BCUT2D eigenvalue weighted by molar-refractivity contribution is 0.247. The van der Waals surface area contributed by atoms with E-state index in [1.165, 1.54) is 28.9 Å². The fourth-order valence-corrected chi connectivity index (χ4v) is 3.42. The first-order valence-corrected chi connectivity index (χ1v) is 9.33. The molecule has 0 saturated carbocycles. The molecule has 4 nitrogen and oxygen atoms in total. The third-order valence-corrected chi connectivity index (χ3v) is 5.26. The Morgan fingerprint density at radius 1 is 0.963 bits per heavy atom. The zero-order valence-electron chi connectivity index (χ0n) is 15.8. The Hall–Kier alpha value is -2.66. The Morgan fingerprint density at radius 3 is 2.41 bits per heavy atom. The molecule has 1 aliphatic rings. The van der Waals surface area contributed by atoms with Crippen molar-refractivity contribution in [2.24, 2.45) is 0 Å². The maximum Gasteiger partial charge on any atom is 0.226 e. The second-order valence-corrected chi connectivity index (χ2v) is 7.18. The molecule has 0 radical (unpaired) electrons. The van der Waals surface area contributed by atoms with Crippen LogP contribution in [0.2, 0.25) is 0 Å².